The van der Waals surface area contributed by atoms with Gasteiger partial charge in [-0.05, 0) is 6.92 Å². The Hall–Kier alpha value is -0.810. The summed E-state index contributed by atoms with van der Waals surface area (Å²) in [4.78, 5) is 10.8. The zero-order chi connectivity index (χ0) is 18.4. The SMILES string of the molecule is CC(=O)O.COC.C[C@H](O)CO.OCCN(CCO)CCO. The number of carboxylic acid groups (broad SMARTS) is 1. The van der Waals surface area contributed by atoms with E-state index in [0.29, 0.717) is 19.6 Å². The fourth-order valence-corrected chi connectivity index (χ4v) is 0.760. The van der Waals surface area contributed by atoms with Crippen LogP contribution in [0, 0.1) is 0 Å². The third kappa shape index (κ3) is 61.1. The second-order valence-corrected chi connectivity index (χ2v) is 3.97. The Morgan fingerprint density at radius 3 is 1.27 bits per heavy atom. The number of hydrogen-bond acceptors (Lipinski definition) is 8. The first kappa shape index (κ1) is 29.2. The summed E-state index contributed by atoms with van der Waals surface area (Å²) in [7, 11) is 3.25. The van der Waals surface area contributed by atoms with Crippen molar-refractivity contribution in [3.8, 4) is 0 Å². The first-order valence-electron chi connectivity index (χ1n) is 6.70. The highest BCUT2D eigenvalue weighted by Gasteiger charge is 2.00. The molecule has 0 fully saturated rings. The Kier molecular flexibility index (Phi) is 37.7. The van der Waals surface area contributed by atoms with Crippen molar-refractivity contribution in [3.63, 3.8) is 0 Å². The number of ether oxygens (including phenoxy) is 1. The third-order valence-electron chi connectivity index (χ3n) is 1.51. The van der Waals surface area contributed by atoms with Gasteiger partial charge in [0.15, 0.2) is 0 Å². The van der Waals surface area contributed by atoms with E-state index in [0.717, 1.165) is 6.92 Å². The zero-order valence-electron chi connectivity index (χ0n) is 14.0. The predicted molar refractivity (Wildman–Crippen MR) is 82.7 cm³/mol. The van der Waals surface area contributed by atoms with E-state index in [-0.39, 0.29) is 26.4 Å². The monoisotopic (exact) mass is 331 g/mol. The van der Waals surface area contributed by atoms with Crippen LogP contribution in [0.2, 0.25) is 0 Å². The number of methoxy groups -OCH3 is 1. The molecule has 0 aliphatic carbocycles. The molecule has 0 unspecified atom stereocenters. The standard InChI is InChI=1S/C6H15NO3.C3H8O2.C2H4O2.C2H6O/c8-4-1-7(2-5-9)3-6-10;1-3(5)2-4;1-2(3)4;1-3-2/h8-10H,1-6H2;3-5H,2H2,1H3;1H3,(H,3,4);1-2H3/t;3-;;/m.0../s1. The van der Waals surface area contributed by atoms with Crippen molar-refractivity contribution < 1.29 is 40.2 Å². The predicted octanol–water partition coefficient (Wildman–Crippen LogP) is -2.02. The van der Waals surface area contributed by atoms with Crippen LogP contribution in [-0.2, 0) is 9.53 Å². The van der Waals surface area contributed by atoms with Crippen LogP contribution < -0.4 is 0 Å². The summed E-state index contributed by atoms with van der Waals surface area (Å²) in [5.74, 6) is -0.833. The number of aliphatic hydroxyl groups is 5. The fraction of sp³-hybridized carbons (Fsp3) is 0.923. The molecule has 0 amide bonds. The van der Waals surface area contributed by atoms with E-state index in [4.69, 9.17) is 35.4 Å². The van der Waals surface area contributed by atoms with Crippen LogP contribution in [0.15, 0.2) is 0 Å². The molecule has 22 heavy (non-hydrogen) atoms. The second-order valence-electron chi connectivity index (χ2n) is 3.97. The van der Waals surface area contributed by atoms with Gasteiger partial charge >= 0.3 is 0 Å². The smallest absolute Gasteiger partial charge is 0.300 e. The minimum Gasteiger partial charge on any atom is -0.481 e. The maximum atomic E-state index is 9.00. The van der Waals surface area contributed by atoms with Gasteiger partial charge in [0, 0.05) is 40.8 Å². The number of carbonyl (C=O) groups is 1. The molecule has 0 saturated carbocycles. The van der Waals surface area contributed by atoms with E-state index < -0.39 is 12.1 Å². The normalized spacial score (nSPS) is 10.3. The number of nitrogens with zero attached hydrogens (tertiary/aromatic N) is 1. The average Bonchev–Trinajstić information content (AvgIpc) is 2.40. The highest BCUT2D eigenvalue weighted by molar-refractivity contribution is 5.62. The Bertz CT molecular complexity index is 175. The van der Waals surface area contributed by atoms with Crippen molar-refractivity contribution in [2.24, 2.45) is 0 Å². The van der Waals surface area contributed by atoms with Gasteiger partial charge in [-0.25, -0.2) is 0 Å². The minimum atomic E-state index is -0.833. The van der Waals surface area contributed by atoms with E-state index in [1.54, 1.807) is 19.1 Å². The Morgan fingerprint density at radius 2 is 1.18 bits per heavy atom. The van der Waals surface area contributed by atoms with Gasteiger partial charge in [-0.3, -0.25) is 9.69 Å². The number of aliphatic hydroxyl groups excluding tert-OH is 5. The molecule has 0 aliphatic heterocycles. The van der Waals surface area contributed by atoms with E-state index in [1.165, 1.54) is 6.92 Å². The van der Waals surface area contributed by atoms with Gasteiger partial charge in [0.1, 0.15) is 0 Å². The van der Waals surface area contributed by atoms with Gasteiger partial charge < -0.3 is 35.4 Å². The Balaban J connectivity index is -0.000000113. The molecule has 0 aromatic heterocycles. The van der Waals surface area contributed by atoms with Crippen molar-refractivity contribution in [1.82, 2.24) is 4.90 Å². The molecule has 138 valence electrons. The Labute approximate surface area is 132 Å². The minimum absolute atomic E-state index is 0.0694. The van der Waals surface area contributed by atoms with Crippen molar-refractivity contribution in [1.29, 1.82) is 0 Å². The highest BCUT2D eigenvalue weighted by atomic mass is 16.4. The lowest BCUT2D eigenvalue weighted by Crippen LogP contribution is -2.32. The molecule has 0 saturated heterocycles. The molecule has 0 heterocycles. The maximum Gasteiger partial charge on any atom is 0.300 e. The largest absolute Gasteiger partial charge is 0.481 e. The van der Waals surface area contributed by atoms with Crippen LogP contribution in [0.4, 0.5) is 0 Å². The molecule has 0 aromatic rings. The van der Waals surface area contributed by atoms with Crippen molar-refractivity contribution in [2.45, 2.75) is 20.0 Å². The molecule has 0 rings (SSSR count). The lowest BCUT2D eigenvalue weighted by molar-refractivity contribution is -0.134. The molecule has 9 nitrogen and oxygen atoms in total. The van der Waals surface area contributed by atoms with Crippen LogP contribution >= 0.6 is 0 Å². The van der Waals surface area contributed by atoms with Crippen LogP contribution in [0.25, 0.3) is 0 Å². The van der Waals surface area contributed by atoms with Crippen LogP contribution in [0.5, 0.6) is 0 Å². The van der Waals surface area contributed by atoms with Gasteiger partial charge in [-0.15, -0.1) is 0 Å². The molecule has 1 atom stereocenters. The molecule has 9 heteroatoms. The van der Waals surface area contributed by atoms with Crippen LogP contribution in [0.3, 0.4) is 0 Å². The summed E-state index contributed by atoms with van der Waals surface area (Å²) in [6, 6.07) is 0. The van der Waals surface area contributed by atoms with Gasteiger partial charge in [0.25, 0.3) is 5.97 Å². The molecular weight excluding hydrogens is 298 g/mol. The number of hydrogen-bond donors (Lipinski definition) is 6. The second kappa shape index (κ2) is 28.4. The number of carboxylic acids is 1. The summed E-state index contributed by atoms with van der Waals surface area (Å²) in [5, 5.41) is 48.9. The molecular formula is C13H33NO8. The summed E-state index contributed by atoms with van der Waals surface area (Å²) >= 11 is 0. The highest BCUT2D eigenvalue weighted by Crippen LogP contribution is 1.84. The number of rotatable bonds is 7. The van der Waals surface area contributed by atoms with E-state index >= 15 is 0 Å². The first-order valence-corrected chi connectivity index (χ1v) is 6.70. The summed E-state index contributed by atoms with van der Waals surface area (Å²) in [6.07, 6.45) is -0.560. The fourth-order valence-electron chi connectivity index (χ4n) is 0.760. The maximum absolute atomic E-state index is 9.00. The molecule has 0 bridgehead atoms. The van der Waals surface area contributed by atoms with Crippen LogP contribution in [0.1, 0.15) is 13.8 Å². The first-order chi connectivity index (χ1) is 10.3. The summed E-state index contributed by atoms with van der Waals surface area (Å²) in [6.45, 7) is 4.23. The van der Waals surface area contributed by atoms with E-state index in [9.17, 15) is 0 Å². The topological polar surface area (TPSA) is 151 Å². The van der Waals surface area contributed by atoms with E-state index in [1.807, 2.05) is 0 Å². The lowest BCUT2D eigenvalue weighted by atomic mass is 10.4. The molecule has 0 aromatic carbocycles. The molecule has 0 spiro atoms. The lowest BCUT2D eigenvalue weighted by Gasteiger charge is -2.17. The van der Waals surface area contributed by atoms with E-state index in [2.05, 4.69) is 4.74 Å². The van der Waals surface area contributed by atoms with Crippen molar-refractivity contribution >= 4 is 5.97 Å². The van der Waals surface area contributed by atoms with Gasteiger partial charge in [0.05, 0.1) is 32.5 Å². The summed E-state index contributed by atoms with van der Waals surface area (Å²) in [5.41, 5.74) is 0. The molecule has 0 aliphatic rings. The third-order valence-corrected chi connectivity index (χ3v) is 1.51. The zero-order valence-corrected chi connectivity index (χ0v) is 14.0. The Morgan fingerprint density at radius 1 is 1.00 bits per heavy atom. The van der Waals surface area contributed by atoms with Gasteiger partial charge in [0.2, 0.25) is 0 Å². The molecule has 6 N–H and O–H groups in total. The quantitative estimate of drug-likeness (QED) is 0.310. The average molecular weight is 331 g/mol. The number of aliphatic carboxylic acids is 1. The summed E-state index contributed by atoms with van der Waals surface area (Å²) < 4.78 is 4.25. The van der Waals surface area contributed by atoms with Gasteiger partial charge in [-0.2, -0.15) is 0 Å². The van der Waals surface area contributed by atoms with Gasteiger partial charge in [-0.1, -0.05) is 0 Å². The van der Waals surface area contributed by atoms with Crippen molar-refractivity contribution in [2.75, 3.05) is 60.3 Å². The van der Waals surface area contributed by atoms with Crippen molar-refractivity contribution in [3.05, 3.63) is 0 Å². The molecule has 0 radical (unpaired) electrons. The van der Waals surface area contributed by atoms with Crippen LogP contribution in [-0.4, -0.2) is 108 Å².